The van der Waals surface area contributed by atoms with Gasteiger partial charge in [-0.05, 0) is 39.5 Å². The molecule has 0 amide bonds. The monoisotopic (exact) mass is 259 g/mol. The summed E-state index contributed by atoms with van der Waals surface area (Å²) < 4.78 is 0. The van der Waals surface area contributed by atoms with Crippen LogP contribution in [0, 0.1) is 10.4 Å². The normalized spacial score (nSPS) is 46.3. The Bertz CT molecular complexity index is 253. The molecule has 0 spiro atoms. The zero-order valence-corrected chi connectivity index (χ0v) is 11.3. The maximum atomic E-state index is 12.1. The lowest BCUT2D eigenvalue weighted by Crippen LogP contribution is -3.22. The van der Waals surface area contributed by atoms with Gasteiger partial charge in [-0.25, -0.2) is 0 Å². The quantitative estimate of drug-likeness (QED) is 0.450. The van der Waals surface area contributed by atoms with Crippen molar-refractivity contribution >= 4 is 0 Å². The van der Waals surface area contributed by atoms with Crippen LogP contribution in [0.1, 0.15) is 52.4 Å². The van der Waals surface area contributed by atoms with E-state index < -0.39 is 12.3 Å². The van der Waals surface area contributed by atoms with Crippen LogP contribution >= 0.6 is 0 Å². The second-order valence-corrected chi connectivity index (χ2v) is 5.88. The molecule has 2 aliphatic heterocycles. The highest BCUT2D eigenvalue weighted by molar-refractivity contribution is 4.69. The molecule has 0 aromatic rings. The molecule has 2 saturated heterocycles. The average Bonchev–Trinajstić information content (AvgIpc) is 2.35. The third-order valence-corrected chi connectivity index (χ3v) is 4.50. The summed E-state index contributed by atoms with van der Waals surface area (Å²) in [6.45, 7) is 3.82. The zero-order chi connectivity index (χ0) is 13.3. The third-order valence-electron chi connectivity index (χ3n) is 4.50. The molecule has 0 radical (unpaired) electrons. The van der Waals surface area contributed by atoms with Gasteiger partial charge in [-0.2, -0.15) is 0 Å². The molecule has 106 valence electrons. The molecule has 6 unspecified atom stereocenters. The molecule has 6 atom stereocenters. The fraction of sp³-hybridized carbons (Fsp3) is 1.00. The molecule has 6 heteroatoms. The minimum atomic E-state index is -0.465. The summed E-state index contributed by atoms with van der Waals surface area (Å²) in [6.07, 6.45) is 4.13. The maximum absolute atomic E-state index is 12.1. The molecular weight excluding hydrogens is 234 g/mol. The summed E-state index contributed by atoms with van der Waals surface area (Å²) in [5.74, 6) is 0. The first-order valence-corrected chi connectivity index (χ1v) is 7.07. The Hall–Kier alpha value is -0.240. The summed E-state index contributed by atoms with van der Waals surface area (Å²) in [6, 6.07) is 0.0176. The molecule has 2 aliphatic rings. The molecular formula is C12H25N3O3. The van der Waals surface area contributed by atoms with Gasteiger partial charge in [0.15, 0.2) is 12.3 Å². The standard InChI is InChI=1S/C12H25N3O3/c1-9-5-3-7-11(13(9)16)15(18)12-8-4-6-10(2)14(12)17/h9-14,18H,3-8H2,1-2H3. The van der Waals surface area contributed by atoms with Crippen molar-refractivity contribution < 1.29 is 15.3 Å². The lowest BCUT2D eigenvalue weighted by atomic mass is 10.0. The third kappa shape index (κ3) is 2.68. The van der Waals surface area contributed by atoms with Crippen molar-refractivity contribution in [3.05, 3.63) is 10.4 Å². The van der Waals surface area contributed by atoms with Gasteiger partial charge in [0.05, 0.1) is 12.1 Å². The van der Waals surface area contributed by atoms with Crippen LogP contribution < -0.4 is 10.1 Å². The van der Waals surface area contributed by atoms with Gasteiger partial charge in [0.2, 0.25) is 0 Å². The Labute approximate surface area is 108 Å². The molecule has 0 bridgehead atoms. The van der Waals surface area contributed by atoms with E-state index in [9.17, 15) is 15.6 Å². The van der Waals surface area contributed by atoms with E-state index in [0.29, 0.717) is 12.8 Å². The number of quaternary nitrogens is 2. The highest BCUT2D eigenvalue weighted by atomic mass is 16.6. The van der Waals surface area contributed by atoms with Crippen molar-refractivity contribution in [1.82, 2.24) is 5.06 Å². The Balaban J connectivity index is 2.03. The predicted octanol–water partition coefficient (Wildman–Crippen LogP) is -0.760. The van der Waals surface area contributed by atoms with Crippen LogP contribution in [-0.4, -0.2) is 34.7 Å². The van der Waals surface area contributed by atoms with Crippen LogP contribution in [0.25, 0.3) is 0 Å². The molecule has 6 nitrogen and oxygen atoms in total. The lowest BCUT2D eigenvalue weighted by molar-refractivity contribution is -0.963. The van der Waals surface area contributed by atoms with E-state index in [0.717, 1.165) is 30.7 Å². The smallest absolute Gasteiger partial charge is 0.171 e. The van der Waals surface area contributed by atoms with E-state index in [4.69, 9.17) is 0 Å². The summed E-state index contributed by atoms with van der Waals surface area (Å²) in [7, 11) is 0. The second-order valence-electron chi connectivity index (χ2n) is 5.88. The minimum Gasteiger partial charge on any atom is -0.633 e. The topological polar surface area (TPSA) is 78.5 Å². The molecule has 0 aliphatic carbocycles. The van der Waals surface area contributed by atoms with Gasteiger partial charge in [-0.3, -0.25) is 0 Å². The number of piperidine rings is 2. The number of nitrogens with one attached hydrogen (secondary N) is 2. The Morgan fingerprint density at radius 1 is 0.889 bits per heavy atom. The van der Waals surface area contributed by atoms with Crippen LogP contribution in [-0.2, 0) is 0 Å². The second kappa shape index (κ2) is 5.81. The van der Waals surface area contributed by atoms with E-state index in [2.05, 4.69) is 0 Å². The SMILES string of the molecule is CC1CCCC(N(O)C2CCCC(C)[NH+]2[O-])[NH+]1[O-]. The largest absolute Gasteiger partial charge is 0.633 e. The van der Waals surface area contributed by atoms with E-state index in [1.165, 1.54) is 0 Å². The van der Waals surface area contributed by atoms with Crippen molar-refractivity contribution in [3.63, 3.8) is 0 Å². The van der Waals surface area contributed by atoms with Gasteiger partial charge >= 0.3 is 0 Å². The van der Waals surface area contributed by atoms with Gasteiger partial charge < -0.3 is 25.7 Å². The van der Waals surface area contributed by atoms with Gasteiger partial charge in [0.25, 0.3) is 0 Å². The number of hydrogen-bond acceptors (Lipinski definition) is 4. The molecule has 0 aromatic carbocycles. The zero-order valence-electron chi connectivity index (χ0n) is 11.3. The number of nitrogens with zero attached hydrogens (tertiary/aromatic N) is 1. The van der Waals surface area contributed by atoms with Crippen LogP contribution in [0.15, 0.2) is 0 Å². The molecule has 3 N–H and O–H groups in total. The van der Waals surface area contributed by atoms with Crippen molar-refractivity contribution in [3.8, 4) is 0 Å². The first-order chi connectivity index (χ1) is 8.52. The van der Waals surface area contributed by atoms with E-state index in [1.54, 1.807) is 0 Å². The molecule has 2 heterocycles. The molecule has 0 aromatic heterocycles. The van der Waals surface area contributed by atoms with E-state index in [-0.39, 0.29) is 22.2 Å². The average molecular weight is 259 g/mol. The fourth-order valence-electron chi connectivity index (χ4n) is 3.20. The molecule has 18 heavy (non-hydrogen) atoms. The fourth-order valence-corrected chi connectivity index (χ4v) is 3.20. The van der Waals surface area contributed by atoms with Crippen LogP contribution in [0.3, 0.4) is 0 Å². The van der Waals surface area contributed by atoms with Crippen molar-refractivity contribution in [2.45, 2.75) is 76.8 Å². The summed E-state index contributed by atoms with van der Waals surface area (Å²) in [4.78, 5) is 0. The number of rotatable bonds is 2. The van der Waals surface area contributed by atoms with Crippen molar-refractivity contribution in [2.24, 2.45) is 0 Å². The summed E-state index contributed by atoms with van der Waals surface area (Å²) in [5.41, 5.74) is 0. The molecule has 2 rings (SSSR count). The molecule has 0 saturated carbocycles. The van der Waals surface area contributed by atoms with Crippen LogP contribution in [0.2, 0.25) is 0 Å². The summed E-state index contributed by atoms with van der Waals surface area (Å²) >= 11 is 0. The predicted molar refractivity (Wildman–Crippen MR) is 66.5 cm³/mol. The minimum absolute atomic E-state index is 0.00881. The van der Waals surface area contributed by atoms with E-state index >= 15 is 0 Å². The highest BCUT2D eigenvalue weighted by Gasteiger charge is 2.39. The lowest BCUT2D eigenvalue weighted by Gasteiger charge is -2.49. The van der Waals surface area contributed by atoms with Crippen LogP contribution in [0.5, 0.6) is 0 Å². The number of hydrogen-bond donors (Lipinski definition) is 3. The first-order valence-electron chi connectivity index (χ1n) is 7.07. The first kappa shape index (κ1) is 14.2. The van der Waals surface area contributed by atoms with Gasteiger partial charge in [0, 0.05) is 12.8 Å². The summed E-state index contributed by atoms with van der Waals surface area (Å²) in [5, 5.41) is 35.7. The van der Waals surface area contributed by atoms with Crippen molar-refractivity contribution in [2.75, 3.05) is 0 Å². The highest BCUT2D eigenvalue weighted by Crippen LogP contribution is 2.15. The molecule has 2 fully saturated rings. The van der Waals surface area contributed by atoms with Gasteiger partial charge in [-0.1, -0.05) is 5.06 Å². The Kier molecular flexibility index (Phi) is 4.58. The maximum Gasteiger partial charge on any atom is 0.171 e. The van der Waals surface area contributed by atoms with E-state index in [1.807, 2.05) is 13.8 Å². The Morgan fingerprint density at radius 3 is 1.67 bits per heavy atom. The van der Waals surface area contributed by atoms with Gasteiger partial charge in [0.1, 0.15) is 0 Å². The van der Waals surface area contributed by atoms with Crippen LogP contribution in [0.4, 0.5) is 0 Å². The van der Waals surface area contributed by atoms with Gasteiger partial charge in [-0.15, -0.1) is 0 Å². The van der Waals surface area contributed by atoms with Crippen molar-refractivity contribution in [1.29, 1.82) is 0 Å². The Morgan fingerprint density at radius 2 is 1.28 bits per heavy atom. The number of hydroxylamine groups is 6.